The van der Waals surface area contributed by atoms with E-state index in [1.54, 1.807) is 12.1 Å². The molecule has 0 amide bonds. The van der Waals surface area contributed by atoms with Crippen molar-refractivity contribution in [2.75, 3.05) is 0 Å². The third-order valence-corrected chi connectivity index (χ3v) is 3.70. The van der Waals surface area contributed by atoms with E-state index in [2.05, 4.69) is 6.07 Å². The van der Waals surface area contributed by atoms with Crippen molar-refractivity contribution in [3.05, 3.63) is 77.1 Å². The molecule has 0 saturated heterocycles. The highest BCUT2D eigenvalue weighted by atomic mass is 35.5. The number of rotatable bonds is 3. The predicted molar refractivity (Wildman–Crippen MR) is 87.9 cm³/mol. The van der Waals surface area contributed by atoms with E-state index in [0.29, 0.717) is 5.02 Å². The van der Waals surface area contributed by atoms with Crippen LogP contribution in [0.15, 0.2) is 60.9 Å². The molecule has 0 spiro atoms. The average molecular weight is 312 g/mol. The largest absolute Gasteiger partial charge is 0.478 e. The van der Waals surface area contributed by atoms with Crippen LogP contribution in [0.2, 0.25) is 5.02 Å². The molecule has 0 fully saturated rings. The highest BCUT2D eigenvalue weighted by Gasteiger charge is 2.06. The molecule has 110 valence electrons. The SMILES string of the molecule is Cc1cc(Cl)cc(-n2ccc(-c3ccc(C(=O)O)cc3)c2)c1. The molecule has 4 heteroatoms. The first-order chi connectivity index (χ1) is 10.5. The normalized spacial score (nSPS) is 10.6. The number of carboxylic acid groups (broad SMARTS) is 1. The van der Waals surface area contributed by atoms with Crippen LogP contribution in [0.3, 0.4) is 0 Å². The minimum atomic E-state index is -0.918. The lowest BCUT2D eigenvalue weighted by molar-refractivity contribution is 0.0697. The molecular weight excluding hydrogens is 298 g/mol. The van der Waals surface area contributed by atoms with E-state index in [1.165, 1.54) is 0 Å². The van der Waals surface area contributed by atoms with Crippen LogP contribution in [-0.2, 0) is 0 Å². The first kappa shape index (κ1) is 14.4. The average Bonchev–Trinajstić information content (AvgIpc) is 2.96. The number of carboxylic acids is 1. The quantitative estimate of drug-likeness (QED) is 0.754. The minimum absolute atomic E-state index is 0.286. The van der Waals surface area contributed by atoms with E-state index >= 15 is 0 Å². The highest BCUT2D eigenvalue weighted by Crippen LogP contribution is 2.24. The van der Waals surface area contributed by atoms with Crippen LogP contribution in [0.5, 0.6) is 0 Å². The predicted octanol–water partition coefficient (Wildman–Crippen LogP) is 4.80. The fourth-order valence-corrected chi connectivity index (χ4v) is 2.68. The van der Waals surface area contributed by atoms with Gasteiger partial charge in [0.15, 0.2) is 0 Å². The van der Waals surface area contributed by atoms with Crippen molar-refractivity contribution >= 4 is 17.6 Å². The van der Waals surface area contributed by atoms with Crippen LogP contribution in [0, 0.1) is 6.92 Å². The topological polar surface area (TPSA) is 42.2 Å². The third kappa shape index (κ3) is 2.90. The maximum atomic E-state index is 10.9. The van der Waals surface area contributed by atoms with E-state index in [-0.39, 0.29) is 5.56 Å². The molecule has 3 nitrogen and oxygen atoms in total. The molecule has 0 unspecified atom stereocenters. The zero-order valence-corrected chi connectivity index (χ0v) is 12.7. The van der Waals surface area contributed by atoms with Gasteiger partial charge in [0, 0.05) is 23.1 Å². The number of carbonyl (C=O) groups is 1. The van der Waals surface area contributed by atoms with Crippen LogP contribution in [0.1, 0.15) is 15.9 Å². The van der Waals surface area contributed by atoms with E-state index in [1.807, 2.05) is 54.2 Å². The van der Waals surface area contributed by atoms with Crippen LogP contribution < -0.4 is 0 Å². The van der Waals surface area contributed by atoms with Crippen molar-refractivity contribution in [3.63, 3.8) is 0 Å². The Kier molecular flexibility index (Phi) is 3.73. The smallest absolute Gasteiger partial charge is 0.335 e. The Morgan fingerprint density at radius 2 is 1.77 bits per heavy atom. The summed E-state index contributed by atoms with van der Waals surface area (Å²) >= 11 is 6.10. The number of benzene rings is 2. The molecule has 22 heavy (non-hydrogen) atoms. The Morgan fingerprint density at radius 3 is 2.41 bits per heavy atom. The fourth-order valence-electron chi connectivity index (χ4n) is 2.40. The maximum absolute atomic E-state index is 10.9. The summed E-state index contributed by atoms with van der Waals surface area (Å²) in [5.41, 5.74) is 4.38. The van der Waals surface area contributed by atoms with Gasteiger partial charge in [0.05, 0.1) is 5.56 Å². The van der Waals surface area contributed by atoms with Crippen molar-refractivity contribution < 1.29 is 9.90 Å². The van der Waals surface area contributed by atoms with E-state index < -0.39 is 5.97 Å². The number of hydrogen-bond acceptors (Lipinski definition) is 1. The maximum Gasteiger partial charge on any atom is 0.335 e. The number of aromatic nitrogens is 1. The van der Waals surface area contributed by atoms with Crippen molar-refractivity contribution in [2.45, 2.75) is 6.92 Å². The number of aromatic carboxylic acids is 1. The summed E-state index contributed by atoms with van der Waals surface area (Å²) in [6, 6.07) is 14.7. The van der Waals surface area contributed by atoms with E-state index in [0.717, 1.165) is 22.4 Å². The zero-order chi connectivity index (χ0) is 15.7. The summed E-state index contributed by atoms with van der Waals surface area (Å²) in [6.45, 7) is 2.00. The van der Waals surface area contributed by atoms with Gasteiger partial charge in [-0.05, 0) is 60.0 Å². The van der Waals surface area contributed by atoms with Gasteiger partial charge in [0.2, 0.25) is 0 Å². The molecule has 3 aromatic rings. The first-order valence-corrected chi connectivity index (χ1v) is 7.20. The van der Waals surface area contributed by atoms with E-state index in [4.69, 9.17) is 16.7 Å². The number of halogens is 1. The van der Waals surface area contributed by atoms with Gasteiger partial charge in [-0.15, -0.1) is 0 Å². The Morgan fingerprint density at radius 1 is 1.05 bits per heavy atom. The summed E-state index contributed by atoms with van der Waals surface area (Å²) in [5, 5.41) is 9.64. The summed E-state index contributed by atoms with van der Waals surface area (Å²) in [6.07, 6.45) is 3.96. The van der Waals surface area contributed by atoms with Crippen LogP contribution in [-0.4, -0.2) is 15.6 Å². The zero-order valence-electron chi connectivity index (χ0n) is 12.0. The van der Waals surface area contributed by atoms with Gasteiger partial charge in [-0.25, -0.2) is 4.79 Å². The second kappa shape index (κ2) is 5.70. The van der Waals surface area contributed by atoms with Gasteiger partial charge in [-0.2, -0.15) is 0 Å². The first-order valence-electron chi connectivity index (χ1n) is 6.82. The number of aryl methyl sites for hydroxylation is 1. The van der Waals surface area contributed by atoms with Gasteiger partial charge in [0.25, 0.3) is 0 Å². The molecule has 0 aliphatic rings. The monoisotopic (exact) mass is 311 g/mol. The van der Waals surface area contributed by atoms with Gasteiger partial charge in [-0.3, -0.25) is 0 Å². The van der Waals surface area contributed by atoms with Crippen LogP contribution in [0.4, 0.5) is 0 Å². The number of hydrogen-bond donors (Lipinski definition) is 1. The summed E-state index contributed by atoms with van der Waals surface area (Å²) in [7, 11) is 0. The van der Waals surface area contributed by atoms with Gasteiger partial charge in [0.1, 0.15) is 0 Å². The third-order valence-electron chi connectivity index (χ3n) is 3.48. The van der Waals surface area contributed by atoms with Crippen molar-refractivity contribution in [3.8, 4) is 16.8 Å². The molecule has 3 rings (SSSR count). The van der Waals surface area contributed by atoms with Gasteiger partial charge >= 0.3 is 5.97 Å². The molecule has 0 saturated carbocycles. The molecular formula is C18H14ClNO2. The van der Waals surface area contributed by atoms with Gasteiger partial charge < -0.3 is 9.67 Å². The molecule has 1 heterocycles. The molecule has 1 N–H and O–H groups in total. The second-order valence-electron chi connectivity index (χ2n) is 5.18. The number of nitrogens with zero attached hydrogens (tertiary/aromatic N) is 1. The van der Waals surface area contributed by atoms with Crippen LogP contribution in [0.25, 0.3) is 16.8 Å². The highest BCUT2D eigenvalue weighted by molar-refractivity contribution is 6.30. The second-order valence-corrected chi connectivity index (χ2v) is 5.61. The Bertz CT molecular complexity index is 814. The summed E-state index contributed by atoms with van der Waals surface area (Å²) in [4.78, 5) is 10.9. The Hall–Kier alpha value is -2.52. The lowest BCUT2D eigenvalue weighted by atomic mass is 10.1. The Labute approximate surface area is 133 Å². The molecule has 0 bridgehead atoms. The molecule has 0 radical (unpaired) electrons. The van der Waals surface area contributed by atoms with Crippen molar-refractivity contribution in [1.29, 1.82) is 0 Å². The molecule has 0 aliphatic carbocycles. The summed E-state index contributed by atoms with van der Waals surface area (Å²) in [5.74, 6) is -0.918. The van der Waals surface area contributed by atoms with Crippen LogP contribution >= 0.6 is 11.6 Å². The molecule has 0 aliphatic heterocycles. The lowest BCUT2D eigenvalue weighted by Gasteiger charge is -2.05. The van der Waals surface area contributed by atoms with Gasteiger partial charge in [-0.1, -0.05) is 23.7 Å². The minimum Gasteiger partial charge on any atom is -0.478 e. The Balaban J connectivity index is 1.94. The summed E-state index contributed by atoms with van der Waals surface area (Å²) < 4.78 is 2.00. The van der Waals surface area contributed by atoms with Crippen molar-refractivity contribution in [1.82, 2.24) is 4.57 Å². The molecule has 2 aromatic carbocycles. The molecule has 1 aromatic heterocycles. The van der Waals surface area contributed by atoms with Crippen molar-refractivity contribution in [2.24, 2.45) is 0 Å². The molecule has 0 atom stereocenters. The fraction of sp³-hybridized carbons (Fsp3) is 0.0556. The standard InChI is InChI=1S/C18H14ClNO2/c1-12-8-16(19)10-17(9-12)20-7-6-15(11-20)13-2-4-14(5-3-13)18(21)22/h2-11H,1H3,(H,21,22). The van der Waals surface area contributed by atoms with E-state index in [9.17, 15) is 4.79 Å². The lowest BCUT2D eigenvalue weighted by Crippen LogP contribution is -1.94.